The van der Waals surface area contributed by atoms with Crippen LogP contribution in [0.25, 0.3) is 0 Å². The van der Waals surface area contributed by atoms with Crippen molar-refractivity contribution in [1.29, 1.82) is 0 Å². The molecule has 2 aliphatic heterocycles. The van der Waals surface area contributed by atoms with E-state index in [-0.39, 0.29) is 0 Å². The zero-order valence-corrected chi connectivity index (χ0v) is 15.0. The van der Waals surface area contributed by atoms with Crippen molar-refractivity contribution in [2.75, 3.05) is 26.7 Å². The molecule has 2 saturated heterocycles. The first kappa shape index (κ1) is 16.5. The molecule has 22 heavy (non-hydrogen) atoms. The Bertz CT molecular complexity index is 359. The van der Waals surface area contributed by atoms with Gasteiger partial charge in [0.05, 0.1) is 0 Å². The highest BCUT2D eigenvalue weighted by atomic mass is 32.1. The molecule has 0 aromatic rings. The third-order valence-electron chi connectivity index (χ3n) is 6.01. The van der Waals surface area contributed by atoms with Crippen LogP contribution in [-0.4, -0.2) is 53.7 Å². The summed E-state index contributed by atoms with van der Waals surface area (Å²) in [6.45, 7) is 3.58. The SMILES string of the molecule is CN1CCC(NC(=S)N2CCC[C@H]2CC2CCCCC2)CC1. The molecule has 126 valence electrons. The highest BCUT2D eigenvalue weighted by Gasteiger charge is 2.30. The smallest absolute Gasteiger partial charge is 0.169 e. The van der Waals surface area contributed by atoms with Gasteiger partial charge in [-0.15, -0.1) is 0 Å². The summed E-state index contributed by atoms with van der Waals surface area (Å²) in [6.07, 6.45) is 13.8. The van der Waals surface area contributed by atoms with Gasteiger partial charge in [-0.2, -0.15) is 0 Å². The molecule has 0 aromatic heterocycles. The lowest BCUT2D eigenvalue weighted by molar-refractivity contribution is 0.236. The fourth-order valence-corrected chi connectivity index (χ4v) is 4.97. The first-order valence-corrected chi connectivity index (χ1v) is 9.89. The molecule has 0 amide bonds. The van der Waals surface area contributed by atoms with Gasteiger partial charge in [-0.3, -0.25) is 0 Å². The molecule has 3 rings (SSSR count). The summed E-state index contributed by atoms with van der Waals surface area (Å²) < 4.78 is 0. The highest BCUT2D eigenvalue weighted by molar-refractivity contribution is 7.80. The Morgan fingerprint density at radius 3 is 2.41 bits per heavy atom. The van der Waals surface area contributed by atoms with Crippen LogP contribution in [0.3, 0.4) is 0 Å². The van der Waals surface area contributed by atoms with Gasteiger partial charge in [0, 0.05) is 18.6 Å². The summed E-state index contributed by atoms with van der Waals surface area (Å²) in [5, 5.41) is 4.73. The highest BCUT2D eigenvalue weighted by Crippen LogP contribution is 2.32. The van der Waals surface area contributed by atoms with Crippen molar-refractivity contribution in [3.05, 3.63) is 0 Å². The monoisotopic (exact) mass is 323 g/mol. The van der Waals surface area contributed by atoms with Crippen molar-refractivity contribution in [2.45, 2.75) is 76.3 Å². The number of rotatable bonds is 3. The molecular weight excluding hydrogens is 290 g/mol. The van der Waals surface area contributed by atoms with Gasteiger partial charge in [-0.25, -0.2) is 0 Å². The average molecular weight is 324 g/mol. The first-order valence-electron chi connectivity index (χ1n) is 9.48. The van der Waals surface area contributed by atoms with E-state index >= 15 is 0 Å². The molecule has 1 aliphatic carbocycles. The predicted molar refractivity (Wildman–Crippen MR) is 97.2 cm³/mol. The van der Waals surface area contributed by atoms with Crippen LogP contribution in [0.15, 0.2) is 0 Å². The lowest BCUT2D eigenvalue weighted by atomic mass is 9.84. The first-order chi connectivity index (χ1) is 10.7. The molecule has 3 fully saturated rings. The lowest BCUT2D eigenvalue weighted by Gasteiger charge is -2.35. The van der Waals surface area contributed by atoms with Gasteiger partial charge in [0.25, 0.3) is 0 Å². The number of nitrogens with zero attached hydrogens (tertiary/aromatic N) is 2. The summed E-state index contributed by atoms with van der Waals surface area (Å²) in [5.74, 6) is 0.963. The zero-order chi connectivity index (χ0) is 15.4. The van der Waals surface area contributed by atoms with Crippen molar-refractivity contribution in [1.82, 2.24) is 15.1 Å². The van der Waals surface area contributed by atoms with Crippen LogP contribution in [0.2, 0.25) is 0 Å². The Labute approximate surface area is 141 Å². The summed E-state index contributed by atoms with van der Waals surface area (Å²) in [4.78, 5) is 4.95. The van der Waals surface area contributed by atoms with E-state index < -0.39 is 0 Å². The predicted octanol–water partition coefficient (Wildman–Crippen LogP) is 3.39. The second-order valence-corrected chi connectivity index (χ2v) is 8.14. The van der Waals surface area contributed by atoms with Crippen molar-refractivity contribution in [2.24, 2.45) is 5.92 Å². The van der Waals surface area contributed by atoms with Crippen LogP contribution in [-0.2, 0) is 0 Å². The van der Waals surface area contributed by atoms with Gasteiger partial charge in [-0.1, -0.05) is 32.1 Å². The Morgan fingerprint density at radius 2 is 1.68 bits per heavy atom. The molecule has 3 aliphatic rings. The molecule has 0 bridgehead atoms. The Kier molecular flexibility index (Phi) is 5.97. The summed E-state index contributed by atoms with van der Waals surface area (Å²) >= 11 is 5.77. The molecule has 2 heterocycles. The summed E-state index contributed by atoms with van der Waals surface area (Å²) in [5.41, 5.74) is 0. The number of thiocarbonyl (C=S) groups is 1. The summed E-state index contributed by atoms with van der Waals surface area (Å²) in [6, 6.07) is 1.31. The molecule has 1 saturated carbocycles. The molecule has 3 nitrogen and oxygen atoms in total. The average Bonchev–Trinajstić information content (AvgIpc) is 2.99. The Hall–Kier alpha value is -0.350. The molecule has 1 atom stereocenters. The molecule has 0 radical (unpaired) electrons. The molecule has 0 aromatic carbocycles. The van der Waals surface area contributed by atoms with Gasteiger partial charge >= 0.3 is 0 Å². The second-order valence-electron chi connectivity index (χ2n) is 7.76. The number of likely N-dealkylation sites (tertiary alicyclic amines) is 2. The Balaban J connectivity index is 1.47. The van der Waals surface area contributed by atoms with Crippen molar-refractivity contribution >= 4 is 17.3 Å². The quantitative estimate of drug-likeness (QED) is 0.802. The van der Waals surface area contributed by atoms with Gasteiger partial charge in [-0.05, 0) is 70.4 Å². The standard InChI is InChI=1S/C18H33N3S/c1-20-12-9-16(10-13-20)19-18(22)21-11-5-8-17(21)14-15-6-3-2-4-7-15/h15-17H,2-14H2,1H3,(H,19,22)/t17-/m0/s1. The van der Waals surface area contributed by atoms with Gasteiger partial charge in [0.1, 0.15) is 0 Å². The van der Waals surface area contributed by atoms with Crippen LogP contribution in [0.5, 0.6) is 0 Å². The maximum Gasteiger partial charge on any atom is 0.169 e. The van der Waals surface area contributed by atoms with Crippen LogP contribution < -0.4 is 5.32 Å². The third kappa shape index (κ3) is 4.35. The fraction of sp³-hybridized carbons (Fsp3) is 0.944. The maximum absolute atomic E-state index is 5.77. The molecular formula is C18H33N3S. The van der Waals surface area contributed by atoms with Crippen LogP contribution in [0.4, 0.5) is 0 Å². The number of hydrogen-bond donors (Lipinski definition) is 1. The minimum atomic E-state index is 0.597. The minimum Gasteiger partial charge on any atom is -0.360 e. The van der Waals surface area contributed by atoms with Crippen molar-refractivity contribution in [3.8, 4) is 0 Å². The molecule has 0 unspecified atom stereocenters. The Morgan fingerprint density at radius 1 is 0.955 bits per heavy atom. The normalized spacial score (nSPS) is 29.0. The van der Waals surface area contributed by atoms with E-state index in [1.54, 1.807) is 0 Å². The van der Waals surface area contributed by atoms with Gasteiger partial charge in [0.2, 0.25) is 0 Å². The summed E-state index contributed by atoms with van der Waals surface area (Å²) in [7, 11) is 2.22. The number of nitrogens with one attached hydrogen (secondary N) is 1. The number of hydrogen-bond acceptors (Lipinski definition) is 2. The molecule has 1 N–H and O–H groups in total. The third-order valence-corrected chi connectivity index (χ3v) is 6.37. The van der Waals surface area contributed by atoms with Crippen LogP contribution >= 0.6 is 12.2 Å². The van der Waals surface area contributed by atoms with Gasteiger partial charge in [0.15, 0.2) is 5.11 Å². The minimum absolute atomic E-state index is 0.597. The molecule has 4 heteroatoms. The lowest BCUT2D eigenvalue weighted by Crippen LogP contribution is -2.50. The van der Waals surface area contributed by atoms with E-state index in [4.69, 9.17) is 12.2 Å². The second kappa shape index (κ2) is 7.96. The topological polar surface area (TPSA) is 18.5 Å². The maximum atomic E-state index is 5.77. The van der Waals surface area contributed by atoms with Crippen molar-refractivity contribution in [3.63, 3.8) is 0 Å². The zero-order valence-electron chi connectivity index (χ0n) is 14.2. The molecule has 0 spiro atoms. The van der Waals surface area contributed by atoms with Crippen LogP contribution in [0.1, 0.15) is 64.2 Å². The van der Waals surface area contributed by atoms with Crippen LogP contribution in [0, 0.1) is 5.92 Å². The van der Waals surface area contributed by atoms with Crippen molar-refractivity contribution < 1.29 is 0 Å². The van der Waals surface area contributed by atoms with Gasteiger partial charge < -0.3 is 15.1 Å². The number of piperidine rings is 1. The van der Waals surface area contributed by atoms with E-state index in [2.05, 4.69) is 22.2 Å². The van der Waals surface area contributed by atoms with E-state index in [0.717, 1.165) is 17.1 Å². The van der Waals surface area contributed by atoms with E-state index in [9.17, 15) is 0 Å². The fourth-order valence-electron chi connectivity index (χ4n) is 4.57. The van der Waals surface area contributed by atoms with E-state index in [1.165, 1.54) is 83.8 Å². The van der Waals surface area contributed by atoms with E-state index in [0.29, 0.717) is 6.04 Å². The largest absolute Gasteiger partial charge is 0.360 e. The van der Waals surface area contributed by atoms with E-state index in [1.807, 2.05) is 0 Å².